The van der Waals surface area contributed by atoms with Crippen LogP contribution in [-0.2, 0) is 13.0 Å². The Labute approximate surface area is 160 Å². The van der Waals surface area contributed by atoms with Gasteiger partial charge >= 0.3 is 0 Å². The predicted octanol–water partition coefficient (Wildman–Crippen LogP) is 3.30. The van der Waals surface area contributed by atoms with Crippen LogP contribution in [0.4, 0.5) is 17.1 Å². The van der Waals surface area contributed by atoms with Crippen molar-refractivity contribution in [3.8, 4) is 0 Å². The SMILES string of the molecule is CN1CCN(c2ccc([N+](=O)[O-])c(N3CCCc4ccccc4C3)c2)CC1. The Morgan fingerprint density at radius 2 is 1.67 bits per heavy atom. The Morgan fingerprint density at radius 3 is 2.41 bits per heavy atom. The maximum Gasteiger partial charge on any atom is 0.292 e. The zero-order valence-corrected chi connectivity index (χ0v) is 15.8. The first kappa shape index (κ1) is 17.8. The maximum atomic E-state index is 11.7. The van der Waals surface area contributed by atoms with Crippen molar-refractivity contribution in [1.29, 1.82) is 0 Å². The molecule has 0 aliphatic carbocycles. The number of hydrogen-bond donors (Lipinski definition) is 0. The summed E-state index contributed by atoms with van der Waals surface area (Å²) < 4.78 is 0. The highest BCUT2D eigenvalue weighted by Crippen LogP contribution is 2.35. The Bertz CT molecular complexity index is 831. The molecule has 2 aromatic carbocycles. The molecule has 4 rings (SSSR count). The lowest BCUT2D eigenvalue weighted by atomic mass is 10.0. The Kier molecular flexibility index (Phi) is 4.99. The lowest BCUT2D eigenvalue weighted by molar-refractivity contribution is -0.384. The van der Waals surface area contributed by atoms with Crippen molar-refractivity contribution in [1.82, 2.24) is 4.90 Å². The van der Waals surface area contributed by atoms with E-state index in [2.05, 4.69) is 46.0 Å². The third-order valence-corrected chi connectivity index (χ3v) is 5.72. The molecule has 6 heteroatoms. The van der Waals surface area contributed by atoms with Crippen LogP contribution in [0.2, 0.25) is 0 Å². The number of fused-ring (bicyclic) bond motifs is 1. The molecule has 0 unspecified atom stereocenters. The van der Waals surface area contributed by atoms with Gasteiger partial charge < -0.3 is 14.7 Å². The van der Waals surface area contributed by atoms with E-state index in [-0.39, 0.29) is 10.6 Å². The number of hydrogen-bond acceptors (Lipinski definition) is 5. The van der Waals surface area contributed by atoms with Crippen molar-refractivity contribution in [3.05, 3.63) is 63.7 Å². The number of rotatable bonds is 3. The molecule has 0 saturated carbocycles. The molecule has 0 atom stereocenters. The predicted molar refractivity (Wildman–Crippen MR) is 109 cm³/mol. The monoisotopic (exact) mass is 366 g/mol. The average Bonchev–Trinajstić information content (AvgIpc) is 2.90. The number of benzene rings is 2. The van der Waals surface area contributed by atoms with Crippen molar-refractivity contribution >= 4 is 17.1 Å². The normalized spacial score (nSPS) is 18.1. The molecule has 6 nitrogen and oxygen atoms in total. The van der Waals surface area contributed by atoms with E-state index in [1.165, 1.54) is 11.1 Å². The zero-order valence-electron chi connectivity index (χ0n) is 15.8. The second-order valence-corrected chi connectivity index (χ2v) is 7.51. The van der Waals surface area contributed by atoms with Crippen LogP contribution < -0.4 is 9.80 Å². The van der Waals surface area contributed by atoms with Crippen LogP contribution >= 0.6 is 0 Å². The second-order valence-electron chi connectivity index (χ2n) is 7.51. The summed E-state index contributed by atoms with van der Waals surface area (Å²) in [5.74, 6) is 0. The first-order valence-corrected chi connectivity index (χ1v) is 9.65. The first-order valence-electron chi connectivity index (χ1n) is 9.65. The number of piperazine rings is 1. The van der Waals surface area contributed by atoms with Crippen LogP contribution in [0.1, 0.15) is 17.5 Å². The average molecular weight is 366 g/mol. The minimum Gasteiger partial charge on any atom is -0.369 e. The lowest BCUT2D eigenvalue weighted by Gasteiger charge is -2.34. The van der Waals surface area contributed by atoms with E-state index in [1.54, 1.807) is 6.07 Å². The van der Waals surface area contributed by atoms with Gasteiger partial charge in [0.15, 0.2) is 0 Å². The summed E-state index contributed by atoms with van der Waals surface area (Å²) in [6.45, 7) is 5.50. The van der Waals surface area contributed by atoms with Crippen LogP contribution in [0.5, 0.6) is 0 Å². The number of anilines is 2. The molecule has 27 heavy (non-hydrogen) atoms. The van der Waals surface area contributed by atoms with Gasteiger partial charge in [-0.1, -0.05) is 24.3 Å². The molecule has 0 aromatic heterocycles. The van der Waals surface area contributed by atoms with E-state index in [4.69, 9.17) is 0 Å². The fraction of sp³-hybridized carbons (Fsp3) is 0.429. The van der Waals surface area contributed by atoms with Gasteiger partial charge in [0.05, 0.1) is 4.92 Å². The summed E-state index contributed by atoms with van der Waals surface area (Å²) in [5.41, 5.74) is 4.66. The smallest absolute Gasteiger partial charge is 0.292 e. The number of nitro groups is 1. The number of aryl methyl sites for hydroxylation is 1. The van der Waals surface area contributed by atoms with Crippen molar-refractivity contribution in [2.24, 2.45) is 0 Å². The molecular weight excluding hydrogens is 340 g/mol. The van der Waals surface area contributed by atoms with Gasteiger partial charge in [0.2, 0.25) is 0 Å². The molecule has 2 aliphatic rings. The minimum atomic E-state index is -0.250. The van der Waals surface area contributed by atoms with Gasteiger partial charge in [-0.25, -0.2) is 0 Å². The third-order valence-electron chi connectivity index (χ3n) is 5.72. The van der Waals surface area contributed by atoms with Crippen LogP contribution in [-0.4, -0.2) is 49.6 Å². The fourth-order valence-electron chi connectivity index (χ4n) is 4.09. The van der Waals surface area contributed by atoms with Crippen LogP contribution in [0.25, 0.3) is 0 Å². The van der Waals surface area contributed by atoms with Gasteiger partial charge in [-0.15, -0.1) is 0 Å². The maximum absolute atomic E-state index is 11.7. The molecule has 0 radical (unpaired) electrons. The molecule has 2 aromatic rings. The largest absolute Gasteiger partial charge is 0.369 e. The lowest BCUT2D eigenvalue weighted by Crippen LogP contribution is -2.44. The van der Waals surface area contributed by atoms with Crippen LogP contribution in [0.15, 0.2) is 42.5 Å². The van der Waals surface area contributed by atoms with Gasteiger partial charge in [0, 0.05) is 51.0 Å². The summed E-state index contributed by atoms with van der Waals surface area (Å²) >= 11 is 0. The molecule has 1 fully saturated rings. The fourth-order valence-corrected chi connectivity index (χ4v) is 4.09. The Morgan fingerprint density at radius 1 is 0.926 bits per heavy atom. The topological polar surface area (TPSA) is 52.9 Å². The molecule has 2 aliphatic heterocycles. The summed E-state index contributed by atoms with van der Waals surface area (Å²) in [4.78, 5) is 18.3. The minimum absolute atomic E-state index is 0.201. The summed E-state index contributed by atoms with van der Waals surface area (Å²) in [6, 6.07) is 14.1. The van der Waals surface area contributed by atoms with Crippen LogP contribution in [0, 0.1) is 10.1 Å². The Balaban J connectivity index is 1.67. The van der Waals surface area contributed by atoms with Crippen LogP contribution in [0.3, 0.4) is 0 Å². The summed E-state index contributed by atoms with van der Waals surface area (Å²) in [5, 5.41) is 11.7. The highest BCUT2D eigenvalue weighted by molar-refractivity contribution is 5.70. The second kappa shape index (κ2) is 7.56. The molecular formula is C21H26N4O2. The highest BCUT2D eigenvalue weighted by atomic mass is 16.6. The molecule has 0 N–H and O–H groups in total. The summed E-state index contributed by atoms with van der Waals surface area (Å²) in [7, 11) is 2.13. The van der Waals surface area contributed by atoms with E-state index < -0.39 is 0 Å². The number of nitrogens with zero attached hydrogens (tertiary/aromatic N) is 4. The molecule has 0 amide bonds. The van der Waals surface area contributed by atoms with E-state index in [1.807, 2.05) is 12.1 Å². The van der Waals surface area contributed by atoms with Gasteiger partial charge in [0.1, 0.15) is 5.69 Å². The molecule has 142 valence electrons. The highest BCUT2D eigenvalue weighted by Gasteiger charge is 2.24. The van der Waals surface area contributed by atoms with Gasteiger partial charge in [0.25, 0.3) is 5.69 Å². The number of nitro benzene ring substituents is 1. The van der Waals surface area contributed by atoms with E-state index in [0.29, 0.717) is 0 Å². The van der Waals surface area contributed by atoms with Crippen molar-refractivity contribution in [3.63, 3.8) is 0 Å². The molecule has 1 saturated heterocycles. The summed E-state index contributed by atoms with van der Waals surface area (Å²) in [6.07, 6.45) is 2.03. The van der Waals surface area contributed by atoms with Crippen molar-refractivity contribution in [2.75, 3.05) is 49.6 Å². The van der Waals surface area contributed by atoms with Gasteiger partial charge in [-0.3, -0.25) is 10.1 Å². The first-order chi connectivity index (χ1) is 13.1. The zero-order chi connectivity index (χ0) is 18.8. The Hall–Kier alpha value is -2.60. The van der Waals surface area contributed by atoms with E-state index in [0.717, 1.165) is 63.5 Å². The molecule has 2 heterocycles. The number of likely N-dealkylation sites (N-methyl/N-ethyl adjacent to an activating group) is 1. The van der Waals surface area contributed by atoms with E-state index >= 15 is 0 Å². The van der Waals surface area contributed by atoms with E-state index in [9.17, 15) is 10.1 Å². The quantitative estimate of drug-likeness (QED) is 0.616. The van der Waals surface area contributed by atoms with Crippen molar-refractivity contribution < 1.29 is 4.92 Å². The van der Waals surface area contributed by atoms with Crippen molar-refractivity contribution in [2.45, 2.75) is 19.4 Å². The third kappa shape index (κ3) is 3.76. The van der Waals surface area contributed by atoms with Gasteiger partial charge in [-0.05, 0) is 43.1 Å². The standard InChI is InChI=1S/C21H26N4O2/c1-22-11-13-23(14-12-22)19-8-9-20(25(26)27)21(15-19)24-10-4-7-17-5-2-3-6-18(17)16-24/h2-3,5-6,8-9,15H,4,7,10-14,16H2,1H3. The van der Waals surface area contributed by atoms with Gasteiger partial charge in [-0.2, -0.15) is 0 Å². The molecule has 0 spiro atoms. The molecule has 0 bridgehead atoms.